The predicted octanol–water partition coefficient (Wildman–Crippen LogP) is 1.20. The van der Waals surface area contributed by atoms with Crippen molar-refractivity contribution in [2.45, 2.75) is 0 Å². The van der Waals surface area contributed by atoms with Crippen molar-refractivity contribution in [3.05, 3.63) is 11.7 Å². The van der Waals surface area contributed by atoms with Crippen LogP contribution in [-0.2, 0) is 0 Å². The number of hydrogen-bond donors (Lipinski definition) is 1. The first kappa shape index (κ1) is 5.08. The molecule has 1 aliphatic heterocycles. The van der Waals surface area contributed by atoms with Crippen molar-refractivity contribution in [1.82, 2.24) is 0 Å². The molecule has 4 heteroatoms. The molecule has 0 saturated carbocycles. The zero-order valence-electron chi connectivity index (χ0n) is 3.78. The molecule has 1 aliphatic rings. The van der Waals surface area contributed by atoms with E-state index in [1.54, 1.807) is 0 Å². The molecule has 0 bridgehead atoms. The van der Waals surface area contributed by atoms with Gasteiger partial charge < -0.3 is 0 Å². The van der Waals surface area contributed by atoms with Crippen molar-refractivity contribution in [1.29, 1.82) is 5.41 Å². The number of rotatable bonds is 0. The Bertz CT molecular complexity index is 188. The van der Waals surface area contributed by atoms with E-state index in [0.29, 0.717) is 6.21 Å². The van der Waals surface area contributed by atoms with Crippen LogP contribution in [0.3, 0.4) is 0 Å². The van der Waals surface area contributed by atoms with E-state index in [9.17, 15) is 8.78 Å². The van der Waals surface area contributed by atoms with Gasteiger partial charge in [-0.3, -0.25) is 5.41 Å². The molecule has 1 rings (SSSR count). The summed E-state index contributed by atoms with van der Waals surface area (Å²) < 4.78 is 23.6. The van der Waals surface area contributed by atoms with Gasteiger partial charge in [0.1, 0.15) is 0 Å². The number of allylic oxidation sites excluding steroid dienone is 1. The number of halogens is 2. The van der Waals surface area contributed by atoms with Gasteiger partial charge in [-0.05, 0) is 0 Å². The van der Waals surface area contributed by atoms with Crippen LogP contribution in [0, 0.1) is 5.41 Å². The molecule has 8 heavy (non-hydrogen) atoms. The fourth-order valence-corrected chi connectivity index (χ4v) is 0.348. The zero-order chi connectivity index (χ0) is 6.15. The van der Waals surface area contributed by atoms with Crippen LogP contribution in [0.4, 0.5) is 8.78 Å². The molecule has 0 aromatic rings. The Morgan fingerprint density at radius 2 is 2.12 bits per heavy atom. The normalized spacial score (nSPS) is 18.5. The summed E-state index contributed by atoms with van der Waals surface area (Å²) in [6.45, 7) is 0. The summed E-state index contributed by atoms with van der Waals surface area (Å²) in [5.41, 5.74) is 0. The van der Waals surface area contributed by atoms with E-state index in [1.807, 2.05) is 0 Å². The maximum Gasteiger partial charge on any atom is 0.204 e. The van der Waals surface area contributed by atoms with Crippen molar-refractivity contribution in [2.24, 2.45) is 4.99 Å². The minimum absolute atomic E-state index is 0.637. The number of nitrogens with zero attached hydrogens (tertiary/aromatic N) is 1. The second-order valence-corrected chi connectivity index (χ2v) is 1.27. The van der Waals surface area contributed by atoms with Crippen molar-refractivity contribution < 1.29 is 8.78 Å². The molecule has 2 nitrogen and oxygen atoms in total. The van der Waals surface area contributed by atoms with Gasteiger partial charge >= 0.3 is 0 Å². The van der Waals surface area contributed by atoms with E-state index in [0.717, 1.165) is 0 Å². The summed E-state index contributed by atoms with van der Waals surface area (Å²) >= 11 is 0. The Morgan fingerprint density at radius 1 is 1.50 bits per heavy atom. The SMILES string of the molecule is N=C1N=CC(F)=C1F. The van der Waals surface area contributed by atoms with Gasteiger partial charge in [-0.25, -0.2) is 9.38 Å². The molecule has 1 N–H and O–H groups in total. The van der Waals surface area contributed by atoms with Gasteiger partial charge in [0.25, 0.3) is 0 Å². The molecule has 42 valence electrons. The van der Waals surface area contributed by atoms with E-state index < -0.39 is 17.5 Å². The number of nitrogens with one attached hydrogen (secondary N) is 1. The molecular formula is C4H2F2N2. The minimum Gasteiger partial charge on any atom is -0.280 e. The average molecular weight is 116 g/mol. The highest BCUT2D eigenvalue weighted by atomic mass is 19.2. The van der Waals surface area contributed by atoms with E-state index in [4.69, 9.17) is 5.41 Å². The topological polar surface area (TPSA) is 36.2 Å². The monoisotopic (exact) mass is 116 g/mol. The third-order valence-corrected chi connectivity index (χ3v) is 0.725. The number of aliphatic imine (C=N–C) groups is 1. The second-order valence-electron chi connectivity index (χ2n) is 1.27. The summed E-state index contributed by atoms with van der Waals surface area (Å²) in [5, 5.41) is 6.51. The lowest BCUT2D eigenvalue weighted by molar-refractivity contribution is 0.599. The van der Waals surface area contributed by atoms with Crippen LogP contribution in [0.5, 0.6) is 0 Å². The van der Waals surface area contributed by atoms with Gasteiger partial charge in [-0.1, -0.05) is 0 Å². The first-order valence-corrected chi connectivity index (χ1v) is 1.90. The molecule has 0 amide bonds. The van der Waals surface area contributed by atoms with Crippen molar-refractivity contribution in [2.75, 3.05) is 0 Å². The van der Waals surface area contributed by atoms with Gasteiger partial charge in [0.2, 0.25) is 5.83 Å². The third-order valence-electron chi connectivity index (χ3n) is 0.725. The summed E-state index contributed by atoms with van der Waals surface area (Å²) in [6.07, 6.45) is 0.678. The molecule has 0 atom stereocenters. The quantitative estimate of drug-likeness (QED) is 0.493. The predicted molar refractivity (Wildman–Crippen MR) is 25.5 cm³/mol. The summed E-state index contributed by atoms with van der Waals surface area (Å²) in [4.78, 5) is 3.03. The molecule has 0 radical (unpaired) electrons. The smallest absolute Gasteiger partial charge is 0.204 e. The lowest BCUT2D eigenvalue weighted by Gasteiger charge is -1.79. The number of amidine groups is 1. The number of hydrogen-bond acceptors (Lipinski definition) is 1. The fourth-order valence-electron chi connectivity index (χ4n) is 0.348. The van der Waals surface area contributed by atoms with Crippen LogP contribution in [0.1, 0.15) is 0 Å². The van der Waals surface area contributed by atoms with Gasteiger partial charge in [-0.2, -0.15) is 4.39 Å². The molecule has 0 aliphatic carbocycles. The van der Waals surface area contributed by atoms with Crippen LogP contribution in [0.2, 0.25) is 0 Å². The van der Waals surface area contributed by atoms with Crippen molar-refractivity contribution >= 4 is 12.1 Å². The summed E-state index contributed by atoms with van der Waals surface area (Å²) in [5.74, 6) is -2.87. The maximum atomic E-state index is 11.9. The Balaban J connectivity index is 3.02. The van der Waals surface area contributed by atoms with Crippen molar-refractivity contribution in [3.63, 3.8) is 0 Å². The molecule has 0 saturated heterocycles. The lowest BCUT2D eigenvalue weighted by atomic mass is 10.5. The highest BCUT2D eigenvalue weighted by Gasteiger charge is 2.14. The van der Waals surface area contributed by atoms with E-state index in [2.05, 4.69) is 4.99 Å². The van der Waals surface area contributed by atoms with Crippen LogP contribution < -0.4 is 0 Å². The van der Waals surface area contributed by atoms with Crippen LogP contribution in [0.15, 0.2) is 16.6 Å². The fraction of sp³-hybridized carbons (Fsp3) is 0. The Labute approximate surface area is 44.1 Å². The van der Waals surface area contributed by atoms with E-state index in [1.165, 1.54) is 0 Å². The van der Waals surface area contributed by atoms with Crippen LogP contribution in [0.25, 0.3) is 0 Å². The standard InChI is InChI=1S/C4H2F2N2/c5-2-1-8-4(7)3(2)6/h1,7H. The Morgan fingerprint density at radius 3 is 2.25 bits per heavy atom. The van der Waals surface area contributed by atoms with Gasteiger partial charge in [-0.15, -0.1) is 0 Å². The Kier molecular flexibility index (Phi) is 0.932. The van der Waals surface area contributed by atoms with Gasteiger partial charge in [0.05, 0.1) is 6.21 Å². The molecule has 0 aromatic heterocycles. The first-order valence-electron chi connectivity index (χ1n) is 1.90. The Hall–Kier alpha value is -1.06. The van der Waals surface area contributed by atoms with Crippen LogP contribution in [-0.4, -0.2) is 12.1 Å². The highest BCUT2D eigenvalue weighted by Crippen LogP contribution is 2.13. The zero-order valence-corrected chi connectivity index (χ0v) is 3.78. The highest BCUT2D eigenvalue weighted by molar-refractivity contribution is 6.09. The van der Waals surface area contributed by atoms with Gasteiger partial charge in [0, 0.05) is 0 Å². The molecule has 0 unspecified atom stereocenters. The molecular weight excluding hydrogens is 114 g/mol. The molecule has 0 spiro atoms. The minimum atomic E-state index is -1.18. The molecule has 1 heterocycles. The maximum absolute atomic E-state index is 11.9. The molecule has 0 fully saturated rings. The lowest BCUT2D eigenvalue weighted by Crippen LogP contribution is -1.84. The third kappa shape index (κ3) is 0.538. The van der Waals surface area contributed by atoms with E-state index in [-0.39, 0.29) is 0 Å². The van der Waals surface area contributed by atoms with E-state index >= 15 is 0 Å². The molecule has 0 aromatic carbocycles. The van der Waals surface area contributed by atoms with Crippen LogP contribution >= 0.6 is 0 Å². The largest absolute Gasteiger partial charge is 0.280 e. The summed E-state index contributed by atoms with van der Waals surface area (Å²) in [7, 11) is 0. The second kappa shape index (κ2) is 1.47. The summed E-state index contributed by atoms with van der Waals surface area (Å²) in [6, 6.07) is 0. The van der Waals surface area contributed by atoms with Gasteiger partial charge in [0.15, 0.2) is 11.7 Å². The first-order chi connectivity index (χ1) is 3.72. The van der Waals surface area contributed by atoms with Crippen molar-refractivity contribution in [3.8, 4) is 0 Å². The average Bonchev–Trinajstić information content (AvgIpc) is 1.98.